The zero-order valence-corrected chi connectivity index (χ0v) is 11.1. The number of aryl methyl sites for hydroxylation is 2. The van der Waals surface area contributed by atoms with Crippen molar-refractivity contribution in [3.8, 4) is 0 Å². The van der Waals surface area contributed by atoms with Crippen molar-refractivity contribution >= 4 is 11.9 Å². The minimum Gasteiger partial charge on any atom is -0.269 e. The highest BCUT2D eigenvalue weighted by atomic mass is 15.4. The van der Waals surface area contributed by atoms with Crippen molar-refractivity contribution in [1.29, 1.82) is 0 Å². The van der Waals surface area contributed by atoms with Crippen molar-refractivity contribution in [2.75, 3.05) is 12.1 Å². The fraction of sp³-hybridized carbons (Fsp3) is 0.188. The van der Waals surface area contributed by atoms with E-state index in [1.165, 1.54) is 11.1 Å². The molecule has 0 aromatic heterocycles. The van der Waals surface area contributed by atoms with Gasteiger partial charge in [0, 0.05) is 7.05 Å². The van der Waals surface area contributed by atoms with Gasteiger partial charge in [-0.3, -0.25) is 5.01 Å². The van der Waals surface area contributed by atoms with Gasteiger partial charge in [0.2, 0.25) is 0 Å². The summed E-state index contributed by atoms with van der Waals surface area (Å²) >= 11 is 0. The second kappa shape index (κ2) is 5.50. The van der Waals surface area contributed by atoms with Gasteiger partial charge in [-0.15, -0.1) is 0 Å². The molecule has 0 spiro atoms. The van der Waals surface area contributed by atoms with E-state index in [9.17, 15) is 0 Å². The van der Waals surface area contributed by atoms with Crippen molar-refractivity contribution in [3.63, 3.8) is 0 Å². The molecule has 0 amide bonds. The minimum atomic E-state index is 1.09. The average molecular weight is 238 g/mol. The number of anilines is 1. The monoisotopic (exact) mass is 238 g/mol. The Kier molecular flexibility index (Phi) is 3.78. The Morgan fingerprint density at radius 3 is 1.89 bits per heavy atom. The SMILES string of the molecule is Cc1ccc(/C=N/N(C)c2ccc(C)cc2)cc1. The molecule has 2 nitrogen and oxygen atoms in total. The third kappa shape index (κ3) is 3.20. The lowest BCUT2D eigenvalue weighted by atomic mass is 10.2. The molecule has 0 aliphatic rings. The molecule has 0 aliphatic heterocycles. The predicted molar refractivity (Wildman–Crippen MR) is 78.4 cm³/mol. The fourth-order valence-electron chi connectivity index (χ4n) is 1.63. The number of hydrazone groups is 1. The maximum absolute atomic E-state index is 4.43. The van der Waals surface area contributed by atoms with Gasteiger partial charge < -0.3 is 0 Å². The maximum Gasteiger partial charge on any atom is 0.0590 e. The number of rotatable bonds is 3. The Morgan fingerprint density at radius 2 is 1.33 bits per heavy atom. The summed E-state index contributed by atoms with van der Waals surface area (Å²) in [6.45, 7) is 4.17. The molecule has 92 valence electrons. The van der Waals surface area contributed by atoms with Gasteiger partial charge in [-0.2, -0.15) is 5.10 Å². The summed E-state index contributed by atoms with van der Waals surface area (Å²) in [5, 5.41) is 6.31. The number of benzene rings is 2. The number of hydrogen-bond donors (Lipinski definition) is 0. The first-order valence-corrected chi connectivity index (χ1v) is 6.06. The van der Waals surface area contributed by atoms with Gasteiger partial charge in [-0.05, 0) is 31.5 Å². The summed E-state index contributed by atoms with van der Waals surface area (Å²) < 4.78 is 0. The van der Waals surface area contributed by atoms with Gasteiger partial charge >= 0.3 is 0 Å². The lowest BCUT2D eigenvalue weighted by Crippen LogP contribution is -2.08. The van der Waals surface area contributed by atoms with Gasteiger partial charge in [-0.1, -0.05) is 47.5 Å². The van der Waals surface area contributed by atoms with Crippen molar-refractivity contribution in [3.05, 3.63) is 65.2 Å². The second-order valence-electron chi connectivity index (χ2n) is 4.51. The van der Waals surface area contributed by atoms with Gasteiger partial charge in [-0.25, -0.2) is 0 Å². The van der Waals surface area contributed by atoms with E-state index in [0.29, 0.717) is 0 Å². The van der Waals surface area contributed by atoms with Crippen LogP contribution in [0.5, 0.6) is 0 Å². The Labute approximate surface area is 109 Å². The van der Waals surface area contributed by atoms with E-state index in [1.807, 2.05) is 18.3 Å². The van der Waals surface area contributed by atoms with Crippen LogP contribution in [0.4, 0.5) is 5.69 Å². The van der Waals surface area contributed by atoms with Crippen LogP contribution in [0.25, 0.3) is 0 Å². The Hall–Kier alpha value is -2.09. The number of hydrogen-bond acceptors (Lipinski definition) is 2. The Morgan fingerprint density at radius 1 is 0.833 bits per heavy atom. The highest BCUT2D eigenvalue weighted by Gasteiger charge is 1.96. The summed E-state index contributed by atoms with van der Waals surface area (Å²) in [6, 6.07) is 16.6. The molecule has 0 radical (unpaired) electrons. The van der Waals surface area contributed by atoms with Crippen LogP contribution in [0, 0.1) is 13.8 Å². The van der Waals surface area contributed by atoms with Crippen LogP contribution in [0.15, 0.2) is 53.6 Å². The quantitative estimate of drug-likeness (QED) is 0.587. The van der Waals surface area contributed by atoms with E-state index < -0.39 is 0 Å². The molecular weight excluding hydrogens is 220 g/mol. The molecule has 2 aromatic rings. The molecule has 0 heterocycles. The standard InChI is InChI=1S/C16H18N2/c1-13-4-8-15(9-5-13)12-17-18(3)16-10-6-14(2)7-11-16/h4-12H,1-3H3/b17-12+. The molecule has 18 heavy (non-hydrogen) atoms. The molecule has 0 fully saturated rings. The number of nitrogens with zero attached hydrogens (tertiary/aromatic N) is 2. The molecule has 0 saturated heterocycles. The molecule has 0 saturated carbocycles. The zero-order chi connectivity index (χ0) is 13.0. The highest BCUT2D eigenvalue weighted by molar-refractivity contribution is 5.80. The van der Waals surface area contributed by atoms with Crippen molar-refractivity contribution in [2.45, 2.75) is 13.8 Å². The summed E-state index contributed by atoms with van der Waals surface area (Å²) in [5.41, 5.74) is 4.72. The molecule has 0 aliphatic carbocycles. The topological polar surface area (TPSA) is 15.6 Å². The maximum atomic E-state index is 4.43. The van der Waals surface area contributed by atoms with Crippen LogP contribution >= 0.6 is 0 Å². The lowest BCUT2D eigenvalue weighted by Gasteiger charge is -2.12. The summed E-state index contributed by atoms with van der Waals surface area (Å²) in [7, 11) is 1.95. The van der Waals surface area contributed by atoms with E-state index in [-0.39, 0.29) is 0 Å². The third-order valence-corrected chi connectivity index (χ3v) is 2.87. The Balaban J connectivity index is 2.08. The molecule has 0 unspecified atom stereocenters. The second-order valence-corrected chi connectivity index (χ2v) is 4.51. The molecular formula is C16H18N2. The molecule has 2 aromatic carbocycles. The predicted octanol–water partition coefficient (Wildman–Crippen LogP) is 3.77. The molecule has 2 rings (SSSR count). The molecule has 2 heteroatoms. The first-order valence-electron chi connectivity index (χ1n) is 6.06. The van der Waals surface area contributed by atoms with E-state index >= 15 is 0 Å². The summed E-state index contributed by atoms with van der Waals surface area (Å²) in [6.07, 6.45) is 1.87. The van der Waals surface area contributed by atoms with Gasteiger partial charge in [0.1, 0.15) is 0 Å². The first kappa shape index (κ1) is 12.4. The average Bonchev–Trinajstić information content (AvgIpc) is 2.38. The van der Waals surface area contributed by atoms with E-state index in [4.69, 9.17) is 0 Å². The first-order chi connectivity index (χ1) is 8.65. The van der Waals surface area contributed by atoms with E-state index in [1.54, 1.807) is 0 Å². The smallest absolute Gasteiger partial charge is 0.0590 e. The normalized spacial score (nSPS) is 10.8. The lowest BCUT2D eigenvalue weighted by molar-refractivity contribution is 1.02. The van der Waals surface area contributed by atoms with E-state index in [2.05, 4.69) is 67.5 Å². The molecule has 0 N–H and O–H groups in total. The fourth-order valence-corrected chi connectivity index (χ4v) is 1.63. The largest absolute Gasteiger partial charge is 0.269 e. The van der Waals surface area contributed by atoms with Crippen molar-refractivity contribution in [1.82, 2.24) is 0 Å². The molecule has 0 atom stereocenters. The van der Waals surface area contributed by atoms with Gasteiger partial charge in [0.15, 0.2) is 0 Å². The van der Waals surface area contributed by atoms with Gasteiger partial charge in [0.25, 0.3) is 0 Å². The minimum absolute atomic E-state index is 1.09. The van der Waals surface area contributed by atoms with Crippen LogP contribution in [-0.4, -0.2) is 13.3 Å². The zero-order valence-electron chi connectivity index (χ0n) is 11.1. The van der Waals surface area contributed by atoms with Crippen LogP contribution in [0.1, 0.15) is 16.7 Å². The third-order valence-electron chi connectivity index (χ3n) is 2.87. The summed E-state index contributed by atoms with van der Waals surface area (Å²) in [5.74, 6) is 0. The van der Waals surface area contributed by atoms with Gasteiger partial charge in [0.05, 0.1) is 11.9 Å². The van der Waals surface area contributed by atoms with Crippen LogP contribution < -0.4 is 5.01 Å². The van der Waals surface area contributed by atoms with Crippen molar-refractivity contribution < 1.29 is 0 Å². The Bertz CT molecular complexity index is 524. The highest BCUT2D eigenvalue weighted by Crippen LogP contribution is 2.13. The van der Waals surface area contributed by atoms with Crippen molar-refractivity contribution in [2.24, 2.45) is 5.10 Å². The van der Waals surface area contributed by atoms with E-state index in [0.717, 1.165) is 11.3 Å². The summed E-state index contributed by atoms with van der Waals surface area (Å²) in [4.78, 5) is 0. The van der Waals surface area contributed by atoms with Crippen LogP contribution in [0.2, 0.25) is 0 Å². The molecule has 0 bridgehead atoms. The van der Waals surface area contributed by atoms with Crippen LogP contribution in [0.3, 0.4) is 0 Å². The van der Waals surface area contributed by atoms with Crippen LogP contribution in [-0.2, 0) is 0 Å².